The third kappa shape index (κ3) is 2.87. The highest BCUT2D eigenvalue weighted by Crippen LogP contribution is 2.38. The van der Waals surface area contributed by atoms with Crippen molar-refractivity contribution in [3.05, 3.63) is 11.9 Å². The van der Waals surface area contributed by atoms with E-state index in [1.807, 2.05) is 27.0 Å². The molecule has 1 heterocycles. The summed E-state index contributed by atoms with van der Waals surface area (Å²) in [5.41, 5.74) is 5.84. The number of ether oxygens (including phenoxy) is 1. The topological polar surface area (TPSA) is 83.0 Å². The first-order valence-electron chi connectivity index (χ1n) is 6.22. The molecule has 0 radical (unpaired) electrons. The number of hydrogen-bond acceptors (Lipinski definition) is 5. The summed E-state index contributed by atoms with van der Waals surface area (Å²) >= 11 is 0. The zero-order valence-electron chi connectivity index (χ0n) is 11.1. The van der Waals surface area contributed by atoms with Crippen LogP contribution in [0.1, 0.15) is 45.3 Å². The van der Waals surface area contributed by atoms with Crippen LogP contribution in [-0.4, -0.2) is 26.6 Å². The Bertz CT molecular complexity index is 430. The summed E-state index contributed by atoms with van der Waals surface area (Å²) in [6.07, 6.45) is 3.38. The zero-order chi connectivity index (χ0) is 13.3. The molecule has 0 aliphatic heterocycles. The minimum atomic E-state index is -0.415. The first-order valence-corrected chi connectivity index (χ1v) is 6.22. The predicted molar refractivity (Wildman–Crippen MR) is 65.5 cm³/mol. The van der Waals surface area contributed by atoms with Crippen LogP contribution in [0.2, 0.25) is 0 Å². The highest BCUT2D eigenvalue weighted by molar-refractivity contribution is 5.74. The normalized spacial score (nSPS) is 23.6. The number of carbonyl (C=O) groups is 1. The molecule has 18 heavy (non-hydrogen) atoms. The molecule has 2 N–H and O–H groups in total. The molecule has 0 atom stereocenters. The van der Waals surface area contributed by atoms with Crippen LogP contribution in [0, 0.1) is 5.92 Å². The molecule has 0 saturated heterocycles. The molecule has 0 bridgehead atoms. The number of hydrogen-bond donors (Lipinski definition) is 1. The lowest BCUT2D eigenvalue weighted by atomic mass is 9.80. The monoisotopic (exact) mass is 252 g/mol. The van der Waals surface area contributed by atoms with E-state index < -0.39 is 5.60 Å². The van der Waals surface area contributed by atoms with E-state index in [0.717, 1.165) is 18.5 Å². The highest BCUT2D eigenvalue weighted by atomic mass is 16.6. The Balaban J connectivity index is 1.85. The Labute approximate surface area is 106 Å². The van der Waals surface area contributed by atoms with Gasteiger partial charge in [-0.15, -0.1) is 5.10 Å². The second-order valence-corrected chi connectivity index (χ2v) is 5.75. The van der Waals surface area contributed by atoms with Gasteiger partial charge >= 0.3 is 5.97 Å². The van der Waals surface area contributed by atoms with Crippen molar-refractivity contribution in [2.75, 3.05) is 0 Å². The van der Waals surface area contributed by atoms with Crippen LogP contribution >= 0.6 is 0 Å². The van der Waals surface area contributed by atoms with Crippen molar-refractivity contribution in [1.82, 2.24) is 15.0 Å². The van der Waals surface area contributed by atoms with E-state index in [1.54, 1.807) is 4.68 Å². The lowest BCUT2D eigenvalue weighted by molar-refractivity contribution is -0.164. The highest BCUT2D eigenvalue weighted by Gasteiger charge is 2.38. The quantitative estimate of drug-likeness (QED) is 0.812. The van der Waals surface area contributed by atoms with E-state index in [9.17, 15) is 4.79 Å². The summed E-state index contributed by atoms with van der Waals surface area (Å²) < 4.78 is 7.14. The summed E-state index contributed by atoms with van der Waals surface area (Å²) in [4.78, 5) is 11.8. The maximum absolute atomic E-state index is 11.8. The fraction of sp³-hybridized carbons (Fsp3) is 0.750. The first kappa shape index (κ1) is 13.0. The van der Waals surface area contributed by atoms with E-state index in [1.165, 1.54) is 0 Å². The predicted octanol–water partition coefficient (Wildman–Crippen LogP) is 1.03. The summed E-state index contributed by atoms with van der Waals surface area (Å²) in [6, 6.07) is 0.246. The molecule has 0 aromatic carbocycles. The van der Waals surface area contributed by atoms with Gasteiger partial charge in [0.2, 0.25) is 0 Å². The van der Waals surface area contributed by atoms with Gasteiger partial charge in [-0.2, -0.15) is 0 Å². The molecular weight excluding hydrogens is 232 g/mol. The van der Waals surface area contributed by atoms with Crippen molar-refractivity contribution in [2.45, 2.75) is 51.8 Å². The number of nitrogens with two attached hydrogens (primary N) is 1. The summed E-state index contributed by atoms with van der Waals surface area (Å²) in [6.45, 7) is 6.03. The molecule has 1 aromatic rings. The standard InChI is InChI=1S/C12H20N4O2/c1-12(2,3)18-11(17)8-4-10(5-8)16-7-9(6-13)14-15-16/h7-8,10H,4-6,13H2,1-3H3. The third-order valence-electron chi connectivity index (χ3n) is 2.99. The Morgan fingerprint density at radius 3 is 2.72 bits per heavy atom. The second-order valence-electron chi connectivity index (χ2n) is 5.75. The number of nitrogens with zero attached hydrogens (tertiary/aromatic N) is 3. The van der Waals surface area contributed by atoms with Gasteiger partial charge in [0.25, 0.3) is 0 Å². The minimum absolute atomic E-state index is 0.0141. The molecule has 1 fully saturated rings. The van der Waals surface area contributed by atoms with E-state index in [0.29, 0.717) is 6.54 Å². The Hall–Kier alpha value is -1.43. The largest absolute Gasteiger partial charge is 0.460 e. The molecule has 1 aliphatic rings. The average molecular weight is 252 g/mol. The van der Waals surface area contributed by atoms with Gasteiger partial charge in [0, 0.05) is 6.54 Å². The molecule has 6 nitrogen and oxygen atoms in total. The third-order valence-corrected chi connectivity index (χ3v) is 2.99. The zero-order valence-corrected chi connectivity index (χ0v) is 11.1. The summed E-state index contributed by atoms with van der Waals surface area (Å²) in [7, 11) is 0. The molecule has 1 aromatic heterocycles. The molecule has 0 amide bonds. The van der Waals surface area contributed by atoms with Crippen molar-refractivity contribution >= 4 is 5.97 Å². The molecule has 0 unspecified atom stereocenters. The molecule has 1 saturated carbocycles. The van der Waals surface area contributed by atoms with Gasteiger partial charge in [-0.05, 0) is 33.6 Å². The molecule has 100 valence electrons. The van der Waals surface area contributed by atoms with Gasteiger partial charge in [0.05, 0.1) is 23.9 Å². The fourth-order valence-electron chi connectivity index (χ4n) is 1.97. The van der Waals surface area contributed by atoms with Crippen LogP contribution in [0.5, 0.6) is 0 Å². The Morgan fingerprint density at radius 2 is 2.22 bits per heavy atom. The van der Waals surface area contributed by atoms with E-state index >= 15 is 0 Å². The molecule has 6 heteroatoms. The van der Waals surface area contributed by atoms with Crippen LogP contribution in [-0.2, 0) is 16.1 Å². The molecular formula is C12H20N4O2. The van der Waals surface area contributed by atoms with Crippen molar-refractivity contribution in [3.8, 4) is 0 Å². The van der Waals surface area contributed by atoms with Gasteiger partial charge in [0.1, 0.15) is 5.60 Å². The Morgan fingerprint density at radius 1 is 1.56 bits per heavy atom. The lowest BCUT2D eigenvalue weighted by Crippen LogP contribution is -2.37. The van der Waals surface area contributed by atoms with E-state index in [2.05, 4.69) is 10.3 Å². The van der Waals surface area contributed by atoms with Crippen molar-refractivity contribution in [1.29, 1.82) is 0 Å². The number of aromatic nitrogens is 3. The van der Waals surface area contributed by atoms with Crippen LogP contribution in [0.25, 0.3) is 0 Å². The molecule has 2 rings (SSSR count). The van der Waals surface area contributed by atoms with Crippen LogP contribution < -0.4 is 5.73 Å². The van der Waals surface area contributed by atoms with Gasteiger partial charge in [0.15, 0.2) is 0 Å². The second kappa shape index (κ2) is 4.68. The number of carbonyl (C=O) groups excluding carboxylic acids is 1. The fourth-order valence-corrected chi connectivity index (χ4v) is 1.97. The van der Waals surface area contributed by atoms with Gasteiger partial charge in [-0.3, -0.25) is 4.79 Å². The summed E-state index contributed by atoms with van der Waals surface area (Å²) in [5.74, 6) is -0.127. The SMILES string of the molecule is CC(C)(C)OC(=O)C1CC(n2cc(CN)nn2)C1. The number of esters is 1. The minimum Gasteiger partial charge on any atom is -0.460 e. The first-order chi connectivity index (χ1) is 8.39. The molecule has 1 aliphatic carbocycles. The van der Waals surface area contributed by atoms with Crippen LogP contribution in [0.3, 0.4) is 0 Å². The van der Waals surface area contributed by atoms with Gasteiger partial charge in [-0.25, -0.2) is 4.68 Å². The van der Waals surface area contributed by atoms with E-state index in [-0.39, 0.29) is 17.9 Å². The van der Waals surface area contributed by atoms with Gasteiger partial charge < -0.3 is 10.5 Å². The van der Waals surface area contributed by atoms with Crippen LogP contribution in [0.15, 0.2) is 6.20 Å². The van der Waals surface area contributed by atoms with Crippen molar-refractivity contribution in [3.63, 3.8) is 0 Å². The maximum Gasteiger partial charge on any atom is 0.309 e. The number of rotatable bonds is 3. The smallest absolute Gasteiger partial charge is 0.309 e. The lowest BCUT2D eigenvalue weighted by Gasteiger charge is -2.35. The van der Waals surface area contributed by atoms with Crippen LogP contribution in [0.4, 0.5) is 0 Å². The average Bonchev–Trinajstić information content (AvgIpc) is 2.60. The molecule has 0 spiro atoms. The maximum atomic E-state index is 11.8. The van der Waals surface area contributed by atoms with Crippen molar-refractivity contribution in [2.24, 2.45) is 11.7 Å². The summed E-state index contributed by atoms with van der Waals surface area (Å²) in [5, 5.41) is 7.95. The van der Waals surface area contributed by atoms with Crippen molar-refractivity contribution < 1.29 is 9.53 Å². The van der Waals surface area contributed by atoms with Gasteiger partial charge in [-0.1, -0.05) is 5.21 Å². The van der Waals surface area contributed by atoms with E-state index in [4.69, 9.17) is 10.5 Å². The Kier molecular flexibility index (Phi) is 3.38.